The minimum atomic E-state index is -1.25. The van der Waals surface area contributed by atoms with Crippen LogP contribution in [0.25, 0.3) is 11.1 Å². The summed E-state index contributed by atoms with van der Waals surface area (Å²) in [6, 6.07) is 16.5. The Morgan fingerprint density at radius 3 is 2.26 bits per heavy atom. The smallest absolute Gasteiger partial charge is 0.411 e. The highest BCUT2D eigenvalue weighted by atomic mass is 16.6. The molecule has 0 saturated carbocycles. The van der Waals surface area contributed by atoms with Crippen molar-refractivity contribution in [3.8, 4) is 11.1 Å². The van der Waals surface area contributed by atoms with Crippen molar-refractivity contribution in [3.05, 3.63) is 82.3 Å². The Labute approximate surface area is 219 Å². The van der Waals surface area contributed by atoms with E-state index in [4.69, 9.17) is 4.74 Å². The molecule has 0 aliphatic rings. The number of carbonyl (C=O) groups is 3. The molecule has 11 heteroatoms. The van der Waals surface area contributed by atoms with E-state index in [0.717, 1.165) is 10.2 Å². The van der Waals surface area contributed by atoms with Gasteiger partial charge in [0.1, 0.15) is 12.1 Å². The Bertz CT molecular complexity index is 1350. The highest BCUT2D eigenvalue weighted by Gasteiger charge is 2.24. The van der Waals surface area contributed by atoms with Crippen LogP contribution in [0, 0.1) is 0 Å². The molecular formula is C27H30N4O7. The number of nitrogens with zero attached hydrogens (tertiary/aromatic N) is 2. The van der Waals surface area contributed by atoms with E-state index in [1.165, 1.54) is 13.2 Å². The lowest BCUT2D eigenvalue weighted by atomic mass is 10.00. The van der Waals surface area contributed by atoms with Gasteiger partial charge >= 0.3 is 18.2 Å². The zero-order chi connectivity index (χ0) is 27.9. The second-order valence-electron chi connectivity index (χ2n) is 9.42. The summed E-state index contributed by atoms with van der Waals surface area (Å²) in [5.74, 6) is -1.25. The molecule has 3 aromatic rings. The fraction of sp³-hybridized carbons (Fsp3) is 0.296. The molecule has 38 heavy (non-hydrogen) atoms. The number of rotatable bonds is 8. The predicted octanol–water partition coefficient (Wildman–Crippen LogP) is 3.98. The number of anilines is 1. The number of nitrogens with one attached hydrogen (secondary N) is 2. The van der Waals surface area contributed by atoms with Crippen molar-refractivity contribution in [2.24, 2.45) is 0 Å². The van der Waals surface area contributed by atoms with Crippen LogP contribution in [0.1, 0.15) is 38.1 Å². The second kappa shape index (κ2) is 12.0. The Balaban J connectivity index is 2.08. The molecule has 2 aromatic carbocycles. The van der Waals surface area contributed by atoms with Gasteiger partial charge in [-0.1, -0.05) is 42.5 Å². The molecule has 0 bridgehead atoms. The average molecular weight is 523 g/mol. The van der Waals surface area contributed by atoms with Gasteiger partial charge in [0, 0.05) is 5.69 Å². The molecule has 1 atom stereocenters. The Morgan fingerprint density at radius 2 is 1.68 bits per heavy atom. The van der Waals surface area contributed by atoms with Crippen LogP contribution < -0.4 is 16.2 Å². The SMILES string of the molecule is COC(=O)Nc1ccc(-c2cc([C@H](Cc3ccccc3)NC(=O)OC(C)(C)C)nn(CC(=O)O)c2=O)cc1. The number of carboxylic acids is 1. The summed E-state index contributed by atoms with van der Waals surface area (Å²) in [7, 11) is 1.24. The topological polar surface area (TPSA) is 149 Å². The molecule has 0 radical (unpaired) electrons. The van der Waals surface area contributed by atoms with Gasteiger partial charge in [-0.2, -0.15) is 5.10 Å². The summed E-state index contributed by atoms with van der Waals surface area (Å²) in [5, 5.41) is 19.0. The number of carbonyl (C=O) groups excluding carboxylic acids is 2. The van der Waals surface area contributed by atoms with E-state index < -0.39 is 41.9 Å². The molecular weight excluding hydrogens is 492 g/mol. The third kappa shape index (κ3) is 7.92. The lowest BCUT2D eigenvalue weighted by Crippen LogP contribution is -2.37. The van der Waals surface area contributed by atoms with Gasteiger partial charge in [0.25, 0.3) is 5.56 Å². The van der Waals surface area contributed by atoms with Crippen molar-refractivity contribution in [1.29, 1.82) is 0 Å². The Hall–Kier alpha value is -4.67. The van der Waals surface area contributed by atoms with E-state index in [2.05, 4.69) is 20.5 Å². The van der Waals surface area contributed by atoms with Crippen LogP contribution in [0.4, 0.5) is 15.3 Å². The minimum absolute atomic E-state index is 0.171. The lowest BCUT2D eigenvalue weighted by molar-refractivity contribution is -0.138. The van der Waals surface area contributed by atoms with Gasteiger partial charge in [-0.15, -0.1) is 0 Å². The fourth-order valence-corrected chi connectivity index (χ4v) is 3.61. The lowest BCUT2D eigenvalue weighted by Gasteiger charge is -2.24. The first-order valence-electron chi connectivity index (χ1n) is 11.8. The van der Waals surface area contributed by atoms with E-state index in [-0.39, 0.29) is 11.3 Å². The van der Waals surface area contributed by atoms with Crippen LogP contribution >= 0.6 is 0 Å². The summed E-state index contributed by atoms with van der Waals surface area (Å²) >= 11 is 0. The van der Waals surface area contributed by atoms with Crippen LogP contribution in [0.15, 0.2) is 65.5 Å². The number of amides is 2. The maximum atomic E-state index is 13.2. The van der Waals surface area contributed by atoms with Gasteiger partial charge in [-0.25, -0.2) is 14.3 Å². The molecule has 0 spiro atoms. The molecule has 0 aliphatic heterocycles. The Kier molecular flexibility index (Phi) is 8.85. The van der Waals surface area contributed by atoms with Crippen molar-refractivity contribution in [3.63, 3.8) is 0 Å². The number of hydrogen-bond acceptors (Lipinski definition) is 7. The number of aliphatic carboxylic acids is 1. The van der Waals surface area contributed by atoms with Crippen LogP contribution in [-0.4, -0.2) is 45.8 Å². The average Bonchev–Trinajstić information content (AvgIpc) is 2.84. The monoisotopic (exact) mass is 522 g/mol. The van der Waals surface area contributed by atoms with Gasteiger partial charge < -0.3 is 19.9 Å². The van der Waals surface area contributed by atoms with Gasteiger partial charge in [-0.05, 0) is 56.5 Å². The zero-order valence-corrected chi connectivity index (χ0v) is 21.6. The summed E-state index contributed by atoms with van der Waals surface area (Å²) in [6.07, 6.45) is -1.03. The molecule has 3 N–H and O–H groups in total. The maximum Gasteiger partial charge on any atom is 0.411 e. The van der Waals surface area contributed by atoms with Crippen molar-refractivity contribution >= 4 is 23.8 Å². The first-order chi connectivity index (χ1) is 17.9. The van der Waals surface area contributed by atoms with Crippen LogP contribution in [0.5, 0.6) is 0 Å². The molecule has 3 rings (SSSR count). The van der Waals surface area contributed by atoms with Crippen molar-refractivity contribution < 1.29 is 29.0 Å². The van der Waals surface area contributed by atoms with Crippen molar-refractivity contribution in [1.82, 2.24) is 15.1 Å². The molecule has 1 heterocycles. The molecule has 200 valence electrons. The third-order valence-corrected chi connectivity index (χ3v) is 5.24. The van der Waals surface area contributed by atoms with Crippen molar-refractivity contribution in [2.75, 3.05) is 12.4 Å². The first-order valence-corrected chi connectivity index (χ1v) is 11.8. The molecule has 11 nitrogen and oxygen atoms in total. The number of methoxy groups -OCH3 is 1. The molecule has 0 unspecified atom stereocenters. The van der Waals surface area contributed by atoms with Crippen LogP contribution in [0.3, 0.4) is 0 Å². The van der Waals surface area contributed by atoms with Crippen LogP contribution in [0.2, 0.25) is 0 Å². The molecule has 0 aliphatic carbocycles. The highest BCUT2D eigenvalue weighted by Crippen LogP contribution is 2.24. The minimum Gasteiger partial charge on any atom is -0.480 e. The number of benzene rings is 2. The third-order valence-electron chi connectivity index (χ3n) is 5.24. The van der Waals surface area contributed by atoms with E-state index >= 15 is 0 Å². The maximum absolute atomic E-state index is 13.2. The largest absolute Gasteiger partial charge is 0.480 e. The van der Waals surface area contributed by atoms with E-state index in [9.17, 15) is 24.3 Å². The van der Waals surface area contributed by atoms with Crippen LogP contribution in [-0.2, 0) is 27.2 Å². The molecule has 1 aromatic heterocycles. The van der Waals surface area contributed by atoms with Gasteiger partial charge in [0.15, 0.2) is 0 Å². The highest BCUT2D eigenvalue weighted by molar-refractivity contribution is 5.85. The summed E-state index contributed by atoms with van der Waals surface area (Å²) in [4.78, 5) is 48.9. The second-order valence-corrected chi connectivity index (χ2v) is 9.42. The first kappa shape index (κ1) is 27.9. The molecule has 2 amide bonds. The van der Waals surface area contributed by atoms with E-state index in [1.54, 1.807) is 45.0 Å². The molecule has 0 saturated heterocycles. The zero-order valence-electron chi connectivity index (χ0n) is 21.6. The Morgan fingerprint density at radius 1 is 1.03 bits per heavy atom. The summed E-state index contributed by atoms with van der Waals surface area (Å²) < 4.78 is 10.9. The number of hydrogen-bond donors (Lipinski definition) is 3. The van der Waals surface area contributed by atoms with Gasteiger partial charge in [0.2, 0.25) is 0 Å². The normalized spacial score (nSPS) is 11.8. The van der Waals surface area contributed by atoms with E-state index in [0.29, 0.717) is 17.7 Å². The number of aromatic nitrogens is 2. The standard InChI is InChI=1S/C27H30N4O7/c1-27(2,3)38-26(36)29-21(14-17-8-6-5-7-9-17)22-15-20(24(34)31(30-22)16-23(32)33)18-10-12-19(13-11-18)28-25(35)37-4/h5-13,15,21H,14,16H2,1-4H3,(H,28,35)(H,29,36)(H,32,33)/t21-/m0/s1. The number of alkyl carbamates (subject to hydrolysis) is 1. The van der Waals surface area contributed by atoms with Gasteiger partial charge in [-0.3, -0.25) is 14.9 Å². The van der Waals surface area contributed by atoms with Gasteiger partial charge in [0.05, 0.1) is 24.4 Å². The fourth-order valence-electron chi connectivity index (χ4n) is 3.61. The molecule has 0 fully saturated rings. The summed E-state index contributed by atoms with van der Waals surface area (Å²) in [6.45, 7) is 4.54. The van der Waals surface area contributed by atoms with E-state index in [1.807, 2.05) is 30.3 Å². The van der Waals surface area contributed by atoms with Crippen molar-refractivity contribution in [2.45, 2.75) is 45.4 Å². The summed E-state index contributed by atoms with van der Waals surface area (Å²) in [5.41, 5.74) is 0.851. The quantitative estimate of drug-likeness (QED) is 0.402. The number of carboxylic acid groups (broad SMARTS) is 1. The number of ether oxygens (including phenoxy) is 2. The predicted molar refractivity (Wildman–Crippen MR) is 140 cm³/mol.